The van der Waals surface area contributed by atoms with Crippen LogP contribution in [0.2, 0.25) is 0 Å². The number of carbonyl (C=O) groups excluding carboxylic acids is 1. The van der Waals surface area contributed by atoms with Gasteiger partial charge in [-0.05, 0) is 56.0 Å². The number of hydrogen-bond acceptors (Lipinski definition) is 2. The van der Waals surface area contributed by atoms with Gasteiger partial charge in [0.1, 0.15) is 11.6 Å². The first-order chi connectivity index (χ1) is 13.6. The molecule has 2 aromatic carbocycles. The van der Waals surface area contributed by atoms with E-state index in [0.29, 0.717) is 6.54 Å². The molecule has 146 valence electrons. The maximum atomic E-state index is 13.3. The van der Waals surface area contributed by atoms with Crippen LogP contribution in [0, 0.1) is 12.7 Å². The Kier molecular flexibility index (Phi) is 5.16. The summed E-state index contributed by atoms with van der Waals surface area (Å²) in [5.41, 5.74) is 2.56. The summed E-state index contributed by atoms with van der Waals surface area (Å²) in [5, 5.41) is 3.14. The van der Waals surface area contributed by atoms with Crippen LogP contribution < -0.4 is 5.32 Å². The topological polar surface area (TPSA) is 46.9 Å². The van der Waals surface area contributed by atoms with Gasteiger partial charge >= 0.3 is 0 Å². The van der Waals surface area contributed by atoms with E-state index in [1.807, 2.05) is 25.1 Å². The zero-order chi connectivity index (χ0) is 19.6. The van der Waals surface area contributed by atoms with E-state index < -0.39 is 5.41 Å². The predicted molar refractivity (Wildman–Crippen MR) is 109 cm³/mol. The highest BCUT2D eigenvalue weighted by molar-refractivity contribution is 5.88. The minimum Gasteiger partial charge on any atom is -0.355 e. The number of amides is 1. The van der Waals surface area contributed by atoms with Crippen LogP contribution in [-0.2, 0) is 16.8 Å². The molecule has 28 heavy (non-hydrogen) atoms. The number of fused-ring (bicyclic) bond motifs is 1. The molecule has 0 spiro atoms. The SMILES string of the molecule is Cc1nc2ccccc2n1CCCNC(=O)C1(c2ccc(F)cc2)CCCC1. The Bertz CT molecular complexity index is 971. The number of rotatable bonds is 6. The molecule has 5 heteroatoms. The molecule has 1 fully saturated rings. The Labute approximate surface area is 164 Å². The fraction of sp³-hybridized carbons (Fsp3) is 0.391. The summed E-state index contributed by atoms with van der Waals surface area (Å²) in [4.78, 5) is 17.7. The number of nitrogens with one attached hydrogen (secondary N) is 1. The Morgan fingerprint density at radius 2 is 1.86 bits per heavy atom. The lowest BCUT2D eigenvalue weighted by molar-refractivity contribution is -0.126. The third-order valence-electron chi connectivity index (χ3n) is 5.98. The first-order valence-electron chi connectivity index (χ1n) is 10.1. The van der Waals surface area contributed by atoms with Gasteiger partial charge in [0.2, 0.25) is 5.91 Å². The molecule has 1 saturated carbocycles. The highest BCUT2D eigenvalue weighted by atomic mass is 19.1. The summed E-state index contributed by atoms with van der Waals surface area (Å²) in [6.45, 7) is 3.45. The van der Waals surface area contributed by atoms with Crippen molar-refractivity contribution in [2.75, 3.05) is 6.54 Å². The highest BCUT2D eigenvalue weighted by Crippen LogP contribution is 2.41. The van der Waals surface area contributed by atoms with Gasteiger partial charge in [0.25, 0.3) is 0 Å². The van der Waals surface area contributed by atoms with Crippen molar-refractivity contribution in [3.05, 3.63) is 65.7 Å². The molecule has 0 atom stereocenters. The van der Waals surface area contributed by atoms with E-state index in [1.165, 1.54) is 12.1 Å². The molecule has 0 saturated heterocycles. The van der Waals surface area contributed by atoms with E-state index in [-0.39, 0.29) is 11.7 Å². The average molecular weight is 379 g/mol. The van der Waals surface area contributed by atoms with Gasteiger partial charge in [-0.1, -0.05) is 37.1 Å². The first-order valence-corrected chi connectivity index (χ1v) is 10.1. The maximum Gasteiger partial charge on any atom is 0.230 e. The van der Waals surface area contributed by atoms with Crippen molar-refractivity contribution in [2.24, 2.45) is 0 Å². The molecule has 4 nitrogen and oxygen atoms in total. The largest absolute Gasteiger partial charge is 0.355 e. The lowest BCUT2D eigenvalue weighted by atomic mass is 9.78. The molecule has 0 aliphatic heterocycles. The number of aromatic nitrogens is 2. The van der Waals surface area contributed by atoms with Crippen molar-refractivity contribution < 1.29 is 9.18 Å². The molecule has 3 aromatic rings. The summed E-state index contributed by atoms with van der Waals surface area (Å²) in [7, 11) is 0. The third-order valence-corrected chi connectivity index (χ3v) is 5.98. The molecule has 1 aliphatic rings. The van der Waals surface area contributed by atoms with E-state index in [1.54, 1.807) is 12.1 Å². The van der Waals surface area contributed by atoms with Crippen molar-refractivity contribution in [1.29, 1.82) is 0 Å². The summed E-state index contributed by atoms with van der Waals surface area (Å²) in [6, 6.07) is 14.6. The standard InChI is InChI=1S/C23H26FN3O/c1-17-26-20-7-2-3-8-21(20)27(17)16-6-15-25-22(28)23(13-4-5-14-23)18-9-11-19(24)12-10-18/h2-3,7-12H,4-6,13-16H2,1H3,(H,25,28). The fourth-order valence-corrected chi connectivity index (χ4v) is 4.48. The summed E-state index contributed by atoms with van der Waals surface area (Å²) < 4.78 is 15.5. The zero-order valence-electron chi connectivity index (χ0n) is 16.2. The van der Waals surface area contributed by atoms with Crippen LogP contribution in [0.15, 0.2) is 48.5 Å². The molecule has 1 heterocycles. The van der Waals surface area contributed by atoms with E-state index in [4.69, 9.17) is 0 Å². The normalized spacial score (nSPS) is 15.8. The molecule has 1 aliphatic carbocycles. The van der Waals surface area contributed by atoms with Crippen molar-refractivity contribution in [2.45, 2.75) is 51.0 Å². The average Bonchev–Trinajstić information content (AvgIpc) is 3.31. The van der Waals surface area contributed by atoms with Crippen LogP contribution in [0.25, 0.3) is 11.0 Å². The van der Waals surface area contributed by atoms with Gasteiger partial charge in [0, 0.05) is 13.1 Å². The molecule has 0 bridgehead atoms. The molecular formula is C23H26FN3O. The quantitative estimate of drug-likeness (QED) is 0.641. The summed E-state index contributed by atoms with van der Waals surface area (Å²) in [5.74, 6) is 0.801. The molecule has 1 aromatic heterocycles. The van der Waals surface area contributed by atoms with E-state index >= 15 is 0 Å². The number of imidazole rings is 1. The summed E-state index contributed by atoms with van der Waals surface area (Å²) >= 11 is 0. The Morgan fingerprint density at radius 1 is 1.14 bits per heavy atom. The molecule has 1 N–H and O–H groups in total. The van der Waals surface area contributed by atoms with E-state index in [9.17, 15) is 9.18 Å². The first kappa shape index (κ1) is 18.7. The number of hydrogen-bond donors (Lipinski definition) is 1. The number of aryl methyl sites for hydroxylation is 2. The minimum absolute atomic E-state index is 0.0730. The highest BCUT2D eigenvalue weighted by Gasteiger charge is 2.42. The molecule has 0 unspecified atom stereocenters. The number of benzene rings is 2. The van der Waals surface area contributed by atoms with Crippen molar-refractivity contribution in [3.8, 4) is 0 Å². The number of halogens is 1. The number of carbonyl (C=O) groups is 1. The smallest absolute Gasteiger partial charge is 0.230 e. The van der Waals surface area contributed by atoms with E-state index in [0.717, 1.165) is 61.1 Å². The van der Waals surface area contributed by atoms with Gasteiger partial charge in [-0.2, -0.15) is 0 Å². The predicted octanol–water partition coefficient (Wildman–Crippen LogP) is 4.50. The van der Waals surface area contributed by atoms with Crippen LogP contribution in [-0.4, -0.2) is 22.0 Å². The second kappa shape index (κ2) is 7.74. The maximum absolute atomic E-state index is 13.3. The van der Waals surface area contributed by atoms with Crippen LogP contribution in [0.1, 0.15) is 43.5 Å². The Morgan fingerprint density at radius 3 is 2.61 bits per heavy atom. The Hall–Kier alpha value is -2.69. The van der Waals surface area contributed by atoms with Gasteiger partial charge in [0.05, 0.1) is 16.4 Å². The lowest BCUT2D eigenvalue weighted by Gasteiger charge is -2.28. The van der Waals surface area contributed by atoms with Crippen molar-refractivity contribution in [1.82, 2.24) is 14.9 Å². The third kappa shape index (κ3) is 3.41. The van der Waals surface area contributed by atoms with Gasteiger partial charge in [-0.3, -0.25) is 4.79 Å². The minimum atomic E-state index is -0.509. The fourth-order valence-electron chi connectivity index (χ4n) is 4.48. The van der Waals surface area contributed by atoms with Crippen LogP contribution in [0.3, 0.4) is 0 Å². The van der Waals surface area contributed by atoms with Gasteiger partial charge in [0.15, 0.2) is 0 Å². The second-order valence-electron chi connectivity index (χ2n) is 7.70. The van der Waals surface area contributed by atoms with Crippen LogP contribution in [0.4, 0.5) is 4.39 Å². The lowest BCUT2D eigenvalue weighted by Crippen LogP contribution is -2.43. The van der Waals surface area contributed by atoms with Crippen molar-refractivity contribution >= 4 is 16.9 Å². The number of nitrogens with zero attached hydrogens (tertiary/aromatic N) is 2. The van der Waals surface area contributed by atoms with Crippen LogP contribution in [0.5, 0.6) is 0 Å². The molecular weight excluding hydrogens is 353 g/mol. The van der Waals surface area contributed by atoms with Gasteiger partial charge in [-0.25, -0.2) is 9.37 Å². The molecule has 4 rings (SSSR count). The Balaban J connectivity index is 1.40. The van der Waals surface area contributed by atoms with E-state index in [2.05, 4.69) is 20.9 Å². The molecule has 1 amide bonds. The number of para-hydroxylation sites is 2. The summed E-state index contributed by atoms with van der Waals surface area (Å²) in [6.07, 6.45) is 4.56. The monoisotopic (exact) mass is 379 g/mol. The zero-order valence-corrected chi connectivity index (χ0v) is 16.2. The van der Waals surface area contributed by atoms with Gasteiger partial charge in [-0.15, -0.1) is 0 Å². The van der Waals surface area contributed by atoms with Gasteiger partial charge < -0.3 is 9.88 Å². The van der Waals surface area contributed by atoms with Crippen LogP contribution >= 0.6 is 0 Å². The van der Waals surface area contributed by atoms with Crippen molar-refractivity contribution in [3.63, 3.8) is 0 Å². The second-order valence-corrected chi connectivity index (χ2v) is 7.70. The molecule has 0 radical (unpaired) electrons.